The third kappa shape index (κ3) is 6.38. The van der Waals surface area contributed by atoms with Crippen molar-refractivity contribution in [3.63, 3.8) is 0 Å². The number of nitrogens with zero attached hydrogens (tertiary/aromatic N) is 2. The highest BCUT2D eigenvalue weighted by Crippen LogP contribution is 2.12. The van der Waals surface area contributed by atoms with Gasteiger partial charge in [-0.2, -0.15) is 0 Å². The lowest BCUT2D eigenvalue weighted by Crippen LogP contribution is -2.38. The fourth-order valence-corrected chi connectivity index (χ4v) is 3.74. The molecule has 0 radical (unpaired) electrons. The summed E-state index contributed by atoms with van der Waals surface area (Å²) in [5, 5.41) is 0. The van der Waals surface area contributed by atoms with E-state index in [1.807, 2.05) is 4.90 Å². The van der Waals surface area contributed by atoms with E-state index in [2.05, 4.69) is 35.2 Å². The molecule has 0 aliphatic carbocycles. The van der Waals surface area contributed by atoms with Crippen molar-refractivity contribution < 1.29 is 14.3 Å². The van der Waals surface area contributed by atoms with Crippen molar-refractivity contribution in [2.24, 2.45) is 0 Å². The van der Waals surface area contributed by atoms with E-state index in [1.165, 1.54) is 12.0 Å². The SMILES string of the molecule is O=C(COC[C@H]1CCCO1)N1CCCN(CCCc2ccccc2)CC1. The summed E-state index contributed by atoms with van der Waals surface area (Å²) in [4.78, 5) is 16.8. The maximum atomic E-state index is 12.4. The van der Waals surface area contributed by atoms with Gasteiger partial charge in [-0.3, -0.25) is 4.79 Å². The van der Waals surface area contributed by atoms with Crippen LogP contribution in [0.2, 0.25) is 0 Å². The zero-order chi connectivity index (χ0) is 18.0. The van der Waals surface area contributed by atoms with E-state index in [0.29, 0.717) is 6.61 Å². The summed E-state index contributed by atoms with van der Waals surface area (Å²) >= 11 is 0. The van der Waals surface area contributed by atoms with E-state index in [-0.39, 0.29) is 18.6 Å². The van der Waals surface area contributed by atoms with E-state index in [1.54, 1.807) is 0 Å². The van der Waals surface area contributed by atoms with E-state index in [4.69, 9.17) is 9.47 Å². The van der Waals surface area contributed by atoms with Crippen LogP contribution in [-0.2, 0) is 20.7 Å². The average molecular weight is 360 g/mol. The Labute approximate surface area is 157 Å². The molecule has 1 amide bonds. The number of amides is 1. The van der Waals surface area contributed by atoms with Crippen LogP contribution in [0.25, 0.3) is 0 Å². The number of benzene rings is 1. The molecule has 0 spiro atoms. The van der Waals surface area contributed by atoms with Gasteiger partial charge in [0.25, 0.3) is 0 Å². The first kappa shape index (κ1) is 19.3. The second-order valence-electron chi connectivity index (χ2n) is 7.32. The molecule has 5 heteroatoms. The maximum Gasteiger partial charge on any atom is 0.248 e. The summed E-state index contributed by atoms with van der Waals surface area (Å²) < 4.78 is 11.1. The standard InChI is InChI=1S/C21H32N2O3/c24-21(18-25-17-20-10-5-16-26-20)23-13-6-12-22(14-15-23)11-4-9-19-7-2-1-3-8-19/h1-3,7-8,20H,4-6,9-18H2/t20-/m1/s1. The van der Waals surface area contributed by atoms with Crippen molar-refractivity contribution in [2.75, 3.05) is 52.5 Å². The van der Waals surface area contributed by atoms with Gasteiger partial charge in [-0.15, -0.1) is 0 Å². The predicted octanol–water partition coefficient (Wildman–Crippen LogP) is 2.35. The highest BCUT2D eigenvalue weighted by Gasteiger charge is 2.20. The summed E-state index contributed by atoms with van der Waals surface area (Å²) in [6.45, 7) is 6.37. The minimum Gasteiger partial charge on any atom is -0.376 e. The summed E-state index contributed by atoms with van der Waals surface area (Å²) in [5.41, 5.74) is 1.41. The predicted molar refractivity (Wildman–Crippen MR) is 102 cm³/mol. The number of carbonyl (C=O) groups is 1. The van der Waals surface area contributed by atoms with Crippen LogP contribution in [0, 0.1) is 0 Å². The zero-order valence-corrected chi connectivity index (χ0v) is 15.8. The number of rotatable bonds is 8. The molecule has 1 aromatic carbocycles. The molecule has 5 nitrogen and oxygen atoms in total. The van der Waals surface area contributed by atoms with Gasteiger partial charge in [-0.25, -0.2) is 0 Å². The zero-order valence-electron chi connectivity index (χ0n) is 15.8. The monoisotopic (exact) mass is 360 g/mol. The van der Waals surface area contributed by atoms with Crippen molar-refractivity contribution in [3.05, 3.63) is 35.9 Å². The topological polar surface area (TPSA) is 42.0 Å². The van der Waals surface area contributed by atoms with Gasteiger partial charge < -0.3 is 19.3 Å². The molecular formula is C21H32N2O3. The first-order valence-electron chi connectivity index (χ1n) is 10.0. The lowest BCUT2D eigenvalue weighted by atomic mass is 10.1. The molecule has 2 heterocycles. The quantitative estimate of drug-likeness (QED) is 0.714. The highest BCUT2D eigenvalue weighted by molar-refractivity contribution is 5.77. The number of hydrogen-bond donors (Lipinski definition) is 0. The molecule has 0 aromatic heterocycles. The van der Waals surface area contributed by atoms with Gasteiger partial charge in [0.1, 0.15) is 6.61 Å². The summed E-state index contributed by atoms with van der Waals surface area (Å²) in [5.74, 6) is 0.120. The van der Waals surface area contributed by atoms with Gasteiger partial charge in [0, 0.05) is 26.2 Å². The van der Waals surface area contributed by atoms with Crippen LogP contribution in [0.5, 0.6) is 0 Å². The Morgan fingerprint density at radius 3 is 2.81 bits per heavy atom. The molecule has 0 N–H and O–H groups in total. The van der Waals surface area contributed by atoms with Crippen molar-refractivity contribution >= 4 is 5.91 Å². The van der Waals surface area contributed by atoms with Gasteiger partial charge in [-0.1, -0.05) is 30.3 Å². The van der Waals surface area contributed by atoms with E-state index < -0.39 is 0 Å². The highest BCUT2D eigenvalue weighted by atomic mass is 16.5. The molecule has 0 saturated carbocycles. The normalized spacial score (nSPS) is 21.7. The van der Waals surface area contributed by atoms with Crippen molar-refractivity contribution in [3.8, 4) is 0 Å². The van der Waals surface area contributed by atoms with Gasteiger partial charge >= 0.3 is 0 Å². The molecule has 144 valence electrons. The largest absolute Gasteiger partial charge is 0.376 e. The van der Waals surface area contributed by atoms with Crippen LogP contribution in [0.4, 0.5) is 0 Å². The maximum absolute atomic E-state index is 12.4. The average Bonchev–Trinajstić information content (AvgIpc) is 3.07. The summed E-state index contributed by atoms with van der Waals surface area (Å²) in [6, 6.07) is 10.7. The van der Waals surface area contributed by atoms with Crippen LogP contribution < -0.4 is 0 Å². The molecule has 2 aliphatic rings. The summed E-state index contributed by atoms with van der Waals surface area (Å²) in [7, 11) is 0. The minimum atomic E-state index is 0.120. The molecule has 2 fully saturated rings. The first-order valence-corrected chi connectivity index (χ1v) is 10.0. The molecule has 1 aromatic rings. The van der Waals surface area contributed by atoms with Gasteiger partial charge in [0.15, 0.2) is 0 Å². The van der Waals surface area contributed by atoms with E-state index in [9.17, 15) is 4.79 Å². The Balaban J connectivity index is 1.31. The Hall–Kier alpha value is -1.43. The lowest BCUT2D eigenvalue weighted by Gasteiger charge is -2.22. The minimum absolute atomic E-state index is 0.120. The van der Waals surface area contributed by atoms with Crippen LogP contribution >= 0.6 is 0 Å². The molecule has 0 unspecified atom stereocenters. The third-order valence-electron chi connectivity index (χ3n) is 5.28. The van der Waals surface area contributed by atoms with Crippen LogP contribution in [0.15, 0.2) is 30.3 Å². The smallest absolute Gasteiger partial charge is 0.248 e. The first-order chi connectivity index (χ1) is 12.8. The molecule has 1 atom stereocenters. The van der Waals surface area contributed by atoms with Crippen LogP contribution in [0.3, 0.4) is 0 Å². The molecular weight excluding hydrogens is 328 g/mol. The van der Waals surface area contributed by atoms with Crippen LogP contribution in [-0.4, -0.2) is 74.4 Å². The van der Waals surface area contributed by atoms with E-state index in [0.717, 1.165) is 65.0 Å². The Kier molecular flexibility index (Phi) is 7.92. The lowest BCUT2D eigenvalue weighted by molar-refractivity contribution is -0.137. The Morgan fingerprint density at radius 2 is 2.00 bits per heavy atom. The second kappa shape index (κ2) is 10.7. The summed E-state index contributed by atoms with van der Waals surface area (Å²) in [6.07, 6.45) is 5.68. The third-order valence-corrected chi connectivity index (χ3v) is 5.28. The fraction of sp³-hybridized carbons (Fsp3) is 0.667. The van der Waals surface area contributed by atoms with E-state index >= 15 is 0 Å². The van der Waals surface area contributed by atoms with Gasteiger partial charge in [-0.05, 0) is 50.8 Å². The number of ether oxygens (including phenoxy) is 2. The van der Waals surface area contributed by atoms with Gasteiger partial charge in [0.2, 0.25) is 5.91 Å². The Morgan fingerprint density at radius 1 is 1.12 bits per heavy atom. The molecule has 3 rings (SSSR count). The van der Waals surface area contributed by atoms with Crippen molar-refractivity contribution in [1.82, 2.24) is 9.80 Å². The number of carbonyl (C=O) groups excluding carboxylic acids is 1. The molecule has 0 bridgehead atoms. The second-order valence-corrected chi connectivity index (χ2v) is 7.32. The number of hydrogen-bond acceptors (Lipinski definition) is 4. The van der Waals surface area contributed by atoms with Crippen molar-refractivity contribution in [1.29, 1.82) is 0 Å². The molecule has 26 heavy (non-hydrogen) atoms. The van der Waals surface area contributed by atoms with Crippen molar-refractivity contribution in [2.45, 2.75) is 38.2 Å². The molecule has 2 saturated heterocycles. The Bertz CT molecular complexity index is 531. The number of aryl methyl sites for hydroxylation is 1. The van der Waals surface area contributed by atoms with Crippen LogP contribution in [0.1, 0.15) is 31.2 Å². The fourth-order valence-electron chi connectivity index (χ4n) is 3.74. The molecule has 2 aliphatic heterocycles. The van der Waals surface area contributed by atoms with Gasteiger partial charge in [0.05, 0.1) is 12.7 Å².